The third kappa shape index (κ3) is 2.25. The van der Waals surface area contributed by atoms with Gasteiger partial charge in [0.2, 0.25) is 0 Å². The van der Waals surface area contributed by atoms with Gasteiger partial charge in [0.05, 0.1) is 0 Å². The molecule has 1 fully saturated rings. The van der Waals surface area contributed by atoms with Crippen molar-refractivity contribution >= 4 is 16.9 Å². The molecule has 1 aliphatic rings. The molecule has 0 spiro atoms. The van der Waals surface area contributed by atoms with Gasteiger partial charge in [0, 0.05) is 37.6 Å². The van der Waals surface area contributed by atoms with E-state index in [4.69, 9.17) is 4.42 Å². The molecule has 6 nitrogen and oxygen atoms in total. The number of phenols is 1. The van der Waals surface area contributed by atoms with Gasteiger partial charge in [-0.2, -0.15) is 0 Å². The highest BCUT2D eigenvalue weighted by atomic mass is 16.4. The first kappa shape index (κ1) is 12.7. The minimum atomic E-state index is -0.674. The van der Waals surface area contributed by atoms with Gasteiger partial charge < -0.3 is 19.7 Å². The van der Waals surface area contributed by atoms with E-state index in [1.54, 1.807) is 11.0 Å². The summed E-state index contributed by atoms with van der Waals surface area (Å²) in [4.78, 5) is 25.9. The average molecular weight is 274 g/mol. The number of carbonyl (C=O) groups is 1. The Labute approximate surface area is 114 Å². The second-order valence-electron chi connectivity index (χ2n) is 4.71. The van der Waals surface area contributed by atoms with Crippen molar-refractivity contribution in [1.82, 2.24) is 10.2 Å². The maximum absolute atomic E-state index is 12.3. The number of hydrogen-bond acceptors (Lipinski definition) is 5. The van der Waals surface area contributed by atoms with E-state index in [-0.39, 0.29) is 22.8 Å². The number of carbonyl (C=O) groups excluding carboxylic acids is 1. The molecule has 2 aromatic rings. The standard InChI is InChI=1S/C14H14N2O4/c17-10-2-1-9-7-11(14(19)20-12(9)8-10)13(18)16-5-3-15-4-6-16/h1-2,7-8,15,17H,3-6H2. The van der Waals surface area contributed by atoms with Gasteiger partial charge in [-0.25, -0.2) is 4.79 Å². The molecule has 0 atom stereocenters. The molecule has 104 valence electrons. The zero-order valence-corrected chi connectivity index (χ0v) is 10.8. The van der Waals surface area contributed by atoms with E-state index in [1.807, 2.05) is 0 Å². The molecule has 0 radical (unpaired) electrons. The maximum Gasteiger partial charge on any atom is 0.349 e. The number of rotatable bonds is 1. The molecule has 2 heterocycles. The van der Waals surface area contributed by atoms with E-state index >= 15 is 0 Å². The molecule has 0 bridgehead atoms. The zero-order chi connectivity index (χ0) is 14.1. The lowest BCUT2D eigenvalue weighted by atomic mass is 10.1. The Balaban J connectivity index is 2.02. The van der Waals surface area contributed by atoms with E-state index in [0.717, 1.165) is 13.1 Å². The van der Waals surface area contributed by atoms with Crippen molar-refractivity contribution in [1.29, 1.82) is 0 Å². The molecule has 1 aromatic carbocycles. The van der Waals surface area contributed by atoms with Crippen LogP contribution in [0.4, 0.5) is 0 Å². The molecular formula is C14H14N2O4. The van der Waals surface area contributed by atoms with E-state index in [1.165, 1.54) is 18.2 Å². The van der Waals surface area contributed by atoms with Crippen LogP contribution >= 0.6 is 0 Å². The molecule has 1 saturated heterocycles. The van der Waals surface area contributed by atoms with Crippen LogP contribution in [0.15, 0.2) is 33.5 Å². The highest BCUT2D eigenvalue weighted by Gasteiger charge is 2.21. The van der Waals surface area contributed by atoms with Crippen molar-refractivity contribution in [2.75, 3.05) is 26.2 Å². The third-order valence-electron chi connectivity index (χ3n) is 3.35. The Hall–Kier alpha value is -2.34. The minimum absolute atomic E-state index is 0.0156. The molecular weight excluding hydrogens is 260 g/mol. The number of phenolic OH excluding ortho intramolecular Hbond substituents is 1. The van der Waals surface area contributed by atoms with Crippen molar-refractivity contribution in [2.45, 2.75) is 0 Å². The molecule has 3 rings (SSSR count). The lowest BCUT2D eigenvalue weighted by Gasteiger charge is -2.27. The van der Waals surface area contributed by atoms with Crippen LogP contribution in [-0.2, 0) is 0 Å². The molecule has 2 N–H and O–H groups in total. The normalized spacial score (nSPS) is 15.5. The largest absolute Gasteiger partial charge is 0.508 e. The second-order valence-corrected chi connectivity index (χ2v) is 4.71. The first-order valence-electron chi connectivity index (χ1n) is 6.42. The lowest BCUT2D eigenvalue weighted by molar-refractivity contribution is 0.0731. The van der Waals surface area contributed by atoms with Crippen molar-refractivity contribution in [3.63, 3.8) is 0 Å². The summed E-state index contributed by atoms with van der Waals surface area (Å²) in [6.07, 6.45) is 0. The van der Waals surface area contributed by atoms with Gasteiger partial charge in [0.15, 0.2) is 0 Å². The summed E-state index contributed by atoms with van der Waals surface area (Å²) in [7, 11) is 0. The highest BCUT2D eigenvalue weighted by molar-refractivity contribution is 5.96. The van der Waals surface area contributed by atoms with Crippen LogP contribution in [0.2, 0.25) is 0 Å². The predicted molar refractivity (Wildman–Crippen MR) is 72.9 cm³/mol. The van der Waals surface area contributed by atoms with Crippen molar-refractivity contribution in [3.8, 4) is 5.75 Å². The number of aromatic hydroxyl groups is 1. The summed E-state index contributed by atoms with van der Waals surface area (Å²) in [5.41, 5.74) is -0.372. The second kappa shape index (κ2) is 4.97. The van der Waals surface area contributed by atoms with Crippen LogP contribution in [0.1, 0.15) is 10.4 Å². The summed E-state index contributed by atoms with van der Waals surface area (Å²) in [6.45, 7) is 2.59. The molecule has 1 amide bonds. The quantitative estimate of drug-likeness (QED) is 0.742. The first-order chi connectivity index (χ1) is 9.65. The fraction of sp³-hybridized carbons (Fsp3) is 0.286. The van der Waals surface area contributed by atoms with Crippen LogP contribution in [0.25, 0.3) is 11.0 Å². The average Bonchev–Trinajstić information content (AvgIpc) is 2.46. The van der Waals surface area contributed by atoms with E-state index in [0.29, 0.717) is 18.5 Å². The third-order valence-corrected chi connectivity index (χ3v) is 3.35. The summed E-state index contributed by atoms with van der Waals surface area (Å²) >= 11 is 0. The Kier molecular flexibility index (Phi) is 3.15. The summed E-state index contributed by atoms with van der Waals surface area (Å²) in [5, 5.41) is 13.1. The van der Waals surface area contributed by atoms with Crippen molar-refractivity contribution in [2.24, 2.45) is 0 Å². The zero-order valence-electron chi connectivity index (χ0n) is 10.8. The molecule has 0 saturated carbocycles. The van der Waals surface area contributed by atoms with Gasteiger partial charge in [-0.3, -0.25) is 4.79 Å². The van der Waals surface area contributed by atoms with Crippen molar-refractivity contribution in [3.05, 3.63) is 40.2 Å². The fourth-order valence-corrected chi connectivity index (χ4v) is 2.29. The predicted octanol–water partition coefficient (Wildman–Crippen LogP) is 0.544. The Morgan fingerprint density at radius 1 is 1.25 bits per heavy atom. The van der Waals surface area contributed by atoms with Crippen LogP contribution < -0.4 is 10.9 Å². The highest BCUT2D eigenvalue weighted by Crippen LogP contribution is 2.19. The summed E-state index contributed by atoms with van der Waals surface area (Å²) < 4.78 is 5.11. The monoisotopic (exact) mass is 274 g/mol. The van der Waals surface area contributed by atoms with Gasteiger partial charge in [-0.15, -0.1) is 0 Å². The van der Waals surface area contributed by atoms with Gasteiger partial charge >= 0.3 is 5.63 Å². The Bertz CT molecular complexity index is 717. The van der Waals surface area contributed by atoms with Crippen LogP contribution in [0.5, 0.6) is 5.75 Å². The summed E-state index contributed by atoms with van der Waals surface area (Å²) in [5.74, 6) is -0.294. The molecule has 0 aliphatic carbocycles. The molecule has 0 unspecified atom stereocenters. The Morgan fingerprint density at radius 3 is 2.75 bits per heavy atom. The van der Waals surface area contributed by atoms with Gasteiger partial charge in [0.25, 0.3) is 5.91 Å². The van der Waals surface area contributed by atoms with Gasteiger partial charge in [0.1, 0.15) is 16.9 Å². The van der Waals surface area contributed by atoms with Crippen LogP contribution in [0.3, 0.4) is 0 Å². The number of fused-ring (bicyclic) bond motifs is 1. The van der Waals surface area contributed by atoms with Crippen LogP contribution in [-0.4, -0.2) is 42.1 Å². The van der Waals surface area contributed by atoms with Crippen molar-refractivity contribution < 1.29 is 14.3 Å². The van der Waals surface area contributed by atoms with Gasteiger partial charge in [-0.05, 0) is 18.2 Å². The van der Waals surface area contributed by atoms with E-state index < -0.39 is 5.63 Å². The number of piperazine rings is 1. The molecule has 1 aromatic heterocycles. The smallest absolute Gasteiger partial charge is 0.349 e. The number of benzene rings is 1. The molecule has 20 heavy (non-hydrogen) atoms. The summed E-state index contributed by atoms with van der Waals surface area (Å²) in [6, 6.07) is 5.98. The first-order valence-corrected chi connectivity index (χ1v) is 6.42. The Morgan fingerprint density at radius 2 is 2.00 bits per heavy atom. The molecule has 6 heteroatoms. The maximum atomic E-state index is 12.3. The fourth-order valence-electron chi connectivity index (χ4n) is 2.29. The SMILES string of the molecule is O=C(c1cc2ccc(O)cc2oc1=O)N1CCNCC1. The van der Waals surface area contributed by atoms with Gasteiger partial charge in [-0.1, -0.05) is 0 Å². The van der Waals surface area contributed by atoms with E-state index in [9.17, 15) is 14.7 Å². The number of amides is 1. The lowest BCUT2D eigenvalue weighted by Crippen LogP contribution is -2.47. The number of nitrogens with zero attached hydrogens (tertiary/aromatic N) is 1. The molecule has 1 aliphatic heterocycles. The number of hydrogen-bond donors (Lipinski definition) is 2. The van der Waals surface area contributed by atoms with E-state index in [2.05, 4.69) is 5.32 Å². The minimum Gasteiger partial charge on any atom is -0.508 e. The van der Waals surface area contributed by atoms with Crippen LogP contribution in [0, 0.1) is 0 Å². The topological polar surface area (TPSA) is 82.8 Å². The number of nitrogens with one attached hydrogen (secondary N) is 1.